The highest BCUT2D eigenvalue weighted by molar-refractivity contribution is 5.67. The minimum Gasteiger partial charge on any atom is -0.381 e. The lowest BCUT2D eigenvalue weighted by atomic mass is 9.72. The van der Waals surface area contributed by atoms with E-state index in [2.05, 4.69) is 44.2 Å². The van der Waals surface area contributed by atoms with E-state index in [9.17, 15) is 0 Å². The van der Waals surface area contributed by atoms with Crippen molar-refractivity contribution in [1.29, 1.82) is 0 Å². The maximum absolute atomic E-state index is 6.16. The highest BCUT2D eigenvalue weighted by atomic mass is 16.5. The Balaban J connectivity index is 1.88. The summed E-state index contributed by atoms with van der Waals surface area (Å²) in [7, 11) is 0. The molecule has 0 aromatic heterocycles. The van der Waals surface area contributed by atoms with Gasteiger partial charge in [0, 0.05) is 25.2 Å². The Morgan fingerprint density at radius 1 is 1.14 bits per heavy atom. The van der Waals surface area contributed by atoms with Crippen molar-refractivity contribution in [3.63, 3.8) is 0 Å². The molecule has 1 aromatic rings. The number of nitrogens with two attached hydrogens (primary N) is 1. The fourth-order valence-corrected chi connectivity index (χ4v) is 3.76. The van der Waals surface area contributed by atoms with Gasteiger partial charge in [-0.3, -0.25) is 0 Å². The predicted molar refractivity (Wildman–Crippen MR) is 92.8 cm³/mol. The number of ether oxygens (including phenoxy) is 1. The molecule has 0 amide bonds. The summed E-state index contributed by atoms with van der Waals surface area (Å²) in [4.78, 5) is 0. The van der Waals surface area contributed by atoms with Crippen molar-refractivity contribution in [2.75, 3.05) is 19.8 Å². The fraction of sp³-hybridized carbons (Fsp3) is 0.600. The van der Waals surface area contributed by atoms with Gasteiger partial charge in [0.05, 0.1) is 0 Å². The molecule has 2 aliphatic rings. The SMILES string of the molecule is CC1(C)CC=C(c2cccc(C3(CN)CCOCC3)c2)CC1. The van der Waals surface area contributed by atoms with Crippen molar-refractivity contribution < 1.29 is 4.74 Å². The molecule has 1 aliphatic heterocycles. The van der Waals surface area contributed by atoms with Crippen molar-refractivity contribution in [2.45, 2.75) is 51.4 Å². The van der Waals surface area contributed by atoms with E-state index in [0.29, 0.717) is 12.0 Å². The largest absolute Gasteiger partial charge is 0.381 e. The first kappa shape index (κ1) is 15.8. The quantitative estimate of drug-likeness (QED) is 0.903. The average Bonchev–Trinajstić information content (AvgIpc) is 2.55. The molecule has 1 fully saturated rings. The first-order valence-corrected chi connectivity index (χ1v) is 8.63. The van der Waals surface area contributed by atoms with Crippen LogP contribution in [0.3, 0.4) is 0 Å². The average molecular weight is 299 g/mol. The Morgan fingerprint density at radius 3 is 2.55 bits per heavy atom. The zero-order valence-electron chi connectivity index (χ0n) is 14.0. The van der Waals surface area contributed by atoms with Crippen molar-refractivity contribution in [3.8, 4) is 0 Å². The summed E-state index contributed by atoms with van der Waals surface area (Å²) in [5.41, 5.74) is 11.1. The molecule has 1 aliphatic carbocycles. The fourth-order valence-electron chi connectivity index (χ4n) is 3.76. The minimum absolute atomic E-state index is 0.114. The van der Waals surface area contributed by atoms with Crippen LogP contribution in [0.2, 0.25) is 0 Å². The Kier molecular flexibility index (Phi) is 4.42. The number of hydrogen-bond donors (Lipinski definition) is 1. The van der Waals surface area contributed by atoms with E-state index in [1.165, 1.54) is 36.0 Å². The number of benzene rings is 1. The van der Waals surface area contributed by atoms with Gasteiger partial charge in [-0.2, -0.15) is 0 Å². The van der Waals surface area contributed by atoms with Gasteiger partial charge in [-0.15, -0.1) is 0 Å². The van der Waals surface area contributed by atoms with Gasteiger partial charge in [-0.25, -0.2) is 0 Å². The van der Waals surface area contributed by atoms with Crippen LogP contribution in [0.1, 0.15) is 57.1 Å². The van der Waals surface area contributed by atoms with Gasteiger partial charge in [0.2, 0.25) is 0 Å². The molecule has 120 valence electrons. The molecule has 2 heteroatoms. The van der Waals surface area contributed by atoms with Crippen LogP contribution in [0.15, 0.2) is 30.3 Å². The Morgan fingerprint density at radius 2 is 1.91 bits per heavy atom. The normalized spacial score (nSPS) is 23.9. The molecule has 0 spiro atoms. The third-order valence-electron chi connectivity index (χ3n) is 5.66. The maximum Gasteiger partial charge on any atom is 0.0475 e. The summed E-state index contributed by atoms with van der Waals surface area (Å²) in [6.45, 7) is 7.10. The summed E-state index contributed by atoms with van der Waals surface area (Å²) < 4.78 is 5.55. The molecule has 22 heavy (non-hydrogen) atoms. The molecule has 0 unspecified atom stereocenters. The molecule has 3 rings (SSSR count). The Labute approximate surface area is 134 Å². The zero-order chi connectivity index (χ0) is 15.6. The molecule has 0 bridgehead atoms. The smallest absolute Gasteiger partial charge is 0.0475 e. The summed E-state index contributed by atoms with van der Waals surface area (Å²) >= 11 is 0. The number of hydrogen-bond acceptors (Lipinski definition) is 2. The van der Waals surface area contributed by atoms with Gasteiger partial charge in [-0.05, 0) is 54.2 Å². The van der Waals surface area contributed by atoms with Crippen LogP contribution in [0.5, 0.6) is 0 Å². The van der Waals surface area contributed by atoms with E-state index >= 15 is 0 Å². The molecular weight excluding hydrogens is 270 g/mol. The molecule has 2 N–H and O–H groups in total. The van der Waals surface area contributed by atoms with E-state index in [1.54, 1.807) is 0 Å². The van der Waals surface area contributed by atoms with Crippen LogP contribution in [-0.2, 0) is 10.2 Å². The second-order valence-electron chi connectivity index (χ2n) is 7.78. The van der Waals surface area contributed by atoms with Gasteiger partial charge in [0.15, 0.2) is 0 Å². The number of rotatable bonds is 3. The molecule has 1 saturated heterocycles. The van der Waals surface area contributed by atoms with Gasteiger partial charge in [0.1, 0.15) is 0 Å². The van der Waals surface area contributed by atoms with Gasteiger partial charge in [0.25, 0.3) is 0 Å². The highest BCUT2D eigenvalue weighted by Gasteiger charge is 2.33. The van der Waals surface area contributed by atoms with E-state index < -0.39 is 0 Å². The highest BCUT2D eigenvalue weighted by Crippen LogP contribution is 2.40. The summed E-state index contributed by atoms with van der Waals surface area (Å²) in [5.74, 6) is 0. The van der Waals surface area contributed by atoms with Crippen molar-refractivity contribution in [1.82, 2.24) is 0 Å². The molecule has 0 radical (unpaired) electrons. The van der Waals surface area contributed by atoms with E-state index in [4.69, 9.17) is 10.5 Å². The minimum atomic E-state index is 0.114. The standard InChI is InChI=1S/C20H29NO/c1-19(2)8-6-16(7-9-19)17-4-3-5-18(14-17)20(15-21)10-12-22-13-11-20/h3-6,14H,7-13,15,21H2,1-2H3. The third-order valence-corrected chi connectivity index (χ3v) is 5.66. The van der Waals surface area contributed by atoms with E-state index in [1.807, 2.05) is 0 Å². The Bertz CT molecular complexity index is 553. The lowest BCUT2D eigenvalue weighted by Gasteiger charge is -2.37. The van der Waals surface area contributed by atoms with E-state index in [0.717, 1.165) is 26.1 Å². The lowest BCUT2D eigenvalue weighted by molar-refractivity contribution is 0.0529. The van der Waals surface area contributed by atoms with Crippen LogP contribution < -0.4 is 5.73 Å². The van der Waals surface area contributed by atoms with Crippen LogP contribution in [-0.4, -0.2) is 19.8 Å². The summed E-state index contributed by atoms with van der Waals surface area (Å²) in [5, 5.41) is 0. The monoisotopic (exact) mass is 299 g/mol. The van der Waals surface area contributed by atoms with Crippen LogP contribution in [0, 0.1) is 5.41 Å². The van der Waals surface area contributed by atoms with Crippen molar-refractivity contribution >= 4 is 5.57 Å². The van der Waals surface area contributed by atoms with Gasteiger partial charge >= 0.3 is 0 Å². The molecule has 1 aromatic carbocycles. The van der Waals surface area contributed by atoms with Crippen LogP contribution in [0.25, 0.3) is 5.57 Å². The van der Waals surface area contributed by atoms with Crippen LogP contribution in [0.4, 0.5) is 0 Å². The second kappa shape index (κ2) is 6.17. The summed E-state index contributed by atoms with van der Waals surface area (Å²) in [6, 6.07) is 9.12. The van der Waals surface area contributed by atoms with E-state index in [-0.39, 0.29) is 5.41 Å². The lowest BCUT2D eigenvalue weighted by Crippen LogP contribution is -2.40. The molecule has 0 saturated carbocycles. The molecule has 1 heterocycles. The zero-order valence-corrected chi connectivity index (χ0v) is 14.0. The van der Waals surface area contributed by atoms with Gasteiger partial charge in [-0.1, -0.05) is 44.2 Å². The van der Waals surface area contributed by atoms with Crippen molar-refractivity contribution in [3.05, 3.63) is 41.5 Å². The maximum atomic E-state index is 6.16. The number of allylic oxidation sites excluding steroid dienone is 2. The van der Waals surface area contributed by atoms with Crippen LogP contribution >= 0.6 is 0 Å². The predicted octanol–water partition coefficient (Wildman–Crippen LogP) is 4.29. The molecular formula is C20H29NO. The topological polar surface area (TPSA) is 35.2 Å². The molecule has 0 atom stereocenters. The third kappa shape index (κ3) is 3.13. The van der Waals surface area contributed by atoms with Crippen molar-refractivity contribution in [2.24, 2.45) is 11.1 Å². The second-order valence-corrected chi connectivity index (χ2v) is 7.78. The molecule has 2 nitrogen and oxygen atoms in total. The Hall–Kier alpha value is -1.12. The first-order valence-electron chi connectivity index (χ1n) is 8.63. The summed E-state index contributed by atoms with van der Waals surface area (Å²) in [6.07, 6.45) is 8.18. The first-order chi connectivity index (χ1) is 10.5. The van der Waals surface area contributed by atoms with Gasteiger partial charge < -0.3 is 10.5 Å².